The van der Waals surface area contributed by atoms with Crippen molar-refractivity contribution in [3.05, 3.63) is 11.3 Å². The molecule has 1 fully saturated rings. The Bertz CT molecular complexity index is 465. The number of anilines is 2. The quantitative estimate of drug-likeness (QED) is 0.830. The number of nitrogen functional groups attached to an aromatic ring is 1. The predicted octanol–water partition coefficient (Wildman–Crippen LogP) is 1.78. The van der Waals surface area contributed by atoms with Crippen LogP contribution in [0.2, 0.25) is 0 Å². The van der Waals surface area contributed by atoms with E-state index in [0.29, 0.717) is 24.9 Å². The second kappa shape index (κ2) is 4.03. The molecule has 0 bridgehead atoms. The van der Waals surface area contributed by atoms with Crippen molar-refractivity contribution in [2.24, 2.45) is 0 Å². The average molecular weight is 254 g/mol. The summed E-state index contributed by atoms with van der Waals surface area (Å²) in [5.74, 6) is -1.51. The Morgan fingerprint density at radius 1 is 1.11 bits per heavy atom. The summed E-state index contributed by atoms with van der Waals surface area (Å²) in [6, 6.07) is 0. The molecule has 1 aromatic rings. The molecule has 0 amide bonds. The second-order valence-electron chi connectivity index (χ2n) is 5.03. The summed E-state index contributed by atoms with van der Waals surface area (Å²) in [4.78, 5) is 10.6. The highest BCUT2D eigenvalue weighted by atomic mass is 19.3. The molecule has 2 N–H and O–H groups in total. The van der Waals surface area contributed by atoms with Gasteiger partial charge in [0.15, 0.2) is 0 Å². The van der Waals surface area contributed by atoms with Crippen molar-refractivity contribution in [3.8, 4) is 0 Å². The first kappa shape index (κ1) is 11.6. The van der Waals surface area contributed by atoms with Crippen LogP contribution in [0.3, 0.4) is 0 Å². The Labute approximate surface area is 104 Å². The van der Waals surface area contributed by atoms with Crippen molar-refractivity contribution < 1.29 is 8.78 Å². The Morgan fingerprint density at radius 3 is 2.56 bits per heavy atom. The molecule has 2 heterocycles. The maximum Gasteiger partial charge on any atom is 0.251 e. The third-order valence-electron chi connectivity index (χ3n) is 3.73. The number of piperidine rings is 1. The number of hydrogen-bond donors (Lipinski definition) is 1. The van der Waals surface area contributed by atoms with Crippen molar-refractivity contribution in [1.82, 2.24) is 9.97 Å². The molecule has 6 heteroatoms. The van der Waals surface area contributed by atoms with Crippen molar-refractivity contribution in [1.29, 1.82) is 0 Å². The Morgan fingerprint density at radius 2 is 1.83 bits per heavy atom. The summed E-state index contributed by atoms with van der Waals surface area (Å²) in [5, 5.41) is 0. The van der Waals surface area contributed by atoms with E-state index in [1.165, 1.54) is 0 Å². The SMILES string of the molecule is Nc1nc(N2CCC(F)(F)CC2)nc2c1CCC2. The van der Waals surface area contributed by atoms with Crippen LogP contribution >= 0.6 is 0 Å². The standard InChI is InChI=1S/C12H16F2N4/c13-12(14)4-6-18(7-5-12)11-16-9-3-1-2-8(9)10(15)17-11/h1-7H2,(H2,15,16,17). The van der Waals surface area contributed by atoms with E-state index >= 15 is 0 Å². The molecule has 0 unspecified atom stereocenters. The molecule has 0 saturated carbocycles. The van der Waals surface area contributed by atoms with Crippen LogP contribution in [0.5, 0.6) is 0 Å². The van der Waals surface area contributed by atoms with Gasteiger partial charge < -0.3 is 10.6 Å². The van der Waals surface area contributed by atoms with Crippen LogP contribution in [0.15, 0.2) is 0 Å². The van der Waals surface area contributed by atoms with Gasteiger partial charge in [-0.3, -0.25) is 0 Å². The molecule has 0 spiro atoms. The van der Waals surface area contributed by atoms with Crippen molar-refractivity contribution in [3.63, 3.8) is 0 Å². The summed E-state index contributed by atoms with van der Waals surface area (Å²) in [6.45, 7) is 0.594. The van der Waals surface area contributed by atoms with Gasteiger partial charge in [0.05, 0.1) is 5.69 Å². The monoisotopic (exact) mass is 254 g/mol. The highest BCUT2D eigenvalue weighted by Crippen LogP contribution is 2.31. The normalized spacial score (nSPS) is 22.0. The van der Waals surface area contributed by atoms with Gasteiger partial charge in [-0.15, -0.1) is 0 Å². The number of rotatable bonds is 1. The van der Waals surface area contributed by atoms with Gasteiger partial charge in [0.1, 0.15) is 5.82 Å². The van der Waals surface area contributed by atoms with E-state index in [2.05, 4.69) is 9.97 Å². The van der Waals surface area contributed by atoms with Crippen LogP contribution < -0.4 is 10.6 Å². The van der Waals surface area contributed by atoms with Crippen LogP contribution in [0.1, 0.15) is 30.5 Å². The van der Waals surface area contributed by atoms with Gasteiger partial charge in [-0.25, -0.2) is 13.8 Å². The molecule has 1 aliphatic carbocycles. The largest absolute Gasteiger partial charge is 0.383 e. The second-order valence-corrected chi connectivity index (χ2v) is 5.03. The first-order chi connectivity index (χ1) is 8.55. The van der Waals surface area contributed by atoms with Gasteiger partial charge in [0.25, 0.3) is 5.92 Å². The zero-order valence-electron chi connectivity index (χ0n) is 10.1. The summed E-state index contributed by atoms with van der Waals surface area (Å²) in [6.07, 6.45) is 2.63. The van der Waals surface area contributed by atoms with E-state index in [0.717, 1.165) is 30.5 Å². The smallest absolute Gasteiger partial charge is 0.251 e. The summed E-state index contributed by atoms with van der Waals surface area (Å²) >= 11 is 0. The van der Waals surface area contributed by atoms with Crippen molar-refractivity contribution in [2.75, 3.05) is 23.7 Å². The number of fused-ring (bicyclic) bond motifs is 1. The molecule has 0 aromatic carbocycles. The molecule has 1 aliphatic heterocycles. The molecule has 0 radical (unpaired) electrons. The minimum Gasteiger partial charge on any atom is -0.383 e. The number of nitrogens with two attached hydrogens (primary N) is 1. The molecular formula is C12H16F2N4. The fourth-order valence-corrected chi connectivity index (χ4v) is 2.62. The zero-order chi connectivity index (χ0) is 12.8. The highest BCUT2D eigenvalue weighted by molar-refractivity contribution is 5.50. The van der Waals surface area contributed by atoms with Gasteiger partial charge in [-0.05, 0) is 19.3 Å². The van der Waals surface area contributed by atoms with Crippen LogP contribution in [0.25, 0.3) is 0 Å². The van der Waals surface area contributed by atoms with Crippen LogP contribution in [0.4, 0.5) is 20.5 Å². The lowest BCUT2D eigenvalue weighted by atomic mass is 10.1. The lowest BCUT2D eigenvalue weighted by Crippen LogP contribution is -2.40. The molecule has 4 nitrogen and oxygen atoms in total. The van der Waals surface area contributed by atoms with E-state index in [4.69, 9.17) is 5.73 Å². The topological polar surface area (TPSA) is 55.0 Å². The molecule has 18 heavy (non-hydrogen) atoms. The third-order valence-corrected chi connectivity index (χ3v) is 3.73. The number of halogens is 2. The summed E-state index contributed by atoms with van der Waals surface area (Å²) < 4.78 is 26.2. The molecule has 98 valence electrons. The van der Waals surface area contributed by atoms with Gasteiger partial charge in [0, 0.05) is 31.5 Å². The molecule has 1 saturated heterocycles. The first-order valence-corrected chi connectivity index (χ1v) is 6.33. The fraction of sp³-hybridized carbons (Fsp3) is 0.667. The molecule has 2 aliphatic rings. The Hall–Kier alpha value is -1.46. The minimum atomic E-state index is -2.54. The average Bonchev–Trinajstić information content (AvgIpc) is 2.77. The summed E-state index contributed by atoms with van der Waals surface area (Å²) in [7, 11) is 0. The Balaban J connectivity index is 1.83. The highest BCUT2D eigenvalue weighted by Gasteiger charge is 2.35. The number of aromatic nitrogens is 2. The van der Waals surface area contributed by atoms with Crippen LogP contribution in [-0.4, -0.2) is 29.0 Å². The predicted molar refractivity (Wildman–Crippen MR) is 64.9 cm³/mol. The molecular weight excluding hydrogens is 238 g/mol. The first-order valence-electron chi connectivity index (χ1n) is 6.33. The number of nitrogens with zero attached hydrogens (tertiary/aromatic N) is 3. The van der Waals surface area contributed by atoms with Crippen molar-refractivity contribution >= 4 is 11.8 Å². The molecule has 0 atom stereocenters. The minimum absolute atomic E-state index is 0.132. The summed E-state index contributed by atoms with van der Waals surface area (Å²) in [5.41, 5.74) is 7.94. The lowest BCUT2D eigenvalue weighted by molar-refractivity contribution is -0.0222. The molecule has 1 aromatic heterocycles. The van der Waals surface area contributed by atoms with Crippen LogP contribution in [-0.2, 0) is 12.8 Å². The van der Waals surface area contributed by atoms with E-state index in [1.54, 1.807) is 0 Å². The maximum atomic E-state index is 13.1. The zero-order valence-corrected chi connectivity index (χ0v) is 10.1. The fourth-order valence-electron chi connectivity index (χ4n) is 2.62. The van der Waals surface area contributed by atoms with Gasteiger partial charge in [-0.1, -0.05) is 0 Å². The Kier molecular flexibility index (Phi) is 2.60. The third kappa shape index (κ3) is 2.00. The van der Waals surface area contributed by atoms with E-state index in [9.17, 15) is 8.78 Å². The van der Waals surface area contributed by atoms with E-state index < -0.39 is 5.92 Å². The number of aryl methyl sites for hydroxylation is 1. The van der Waals surface area contributed by atoms with Crippen molar-refractivity contribution in [2.45, 2.75) is 38.0 Å². The number of alkyl halides is 2. The van der Waals surface area contributed by atoms with E-state index in [-0.39, 0.29) is 12.8 Å². The van der Waals surface area contributed by atoms with Gasteiger partial charge in [-0.2, -0.15) is 4.98 Å². The lowest BCUT2D eigenvalue weighted by Gasteiger charge is -2.32. The van der Waals surface area contributed by atoms with Crippen LogP contribution in [0, 0.1) is 0 Å². The van der Waals surface area contributed by atoms with Gasteiger partial charge >= 0.3 is 0 Å². The van der Waals surface area contributed by atoms with E-state index in [1.807, 2.05) is 4.90 Å². The molecule has 3 rings (SSSR count). The maximum absolute atomic E-state index is 13.1. The number of hydrogen-bond acceptors (Lipinski definition) is 4. The van der Waals surface area contributed by atoms with Gasteiger partial charge in [0.2, 0.25) is 5.95 Å².